The number of carboxylic acid groups (broad SMARTS) is 1. The molecule has 1 aromatic heterocycles. The summed E-state index contributed by atoms with van der Waals surface area (Å²) in [6, 6.07) is 13.5. The second-order valence-electron chi connectivity index (χ2n) is 7.88. The van der Waals surface area contributed by atoms with Gasteiger partial charge in [0.05, 0.1) is 16.3 Å². The van der Waals surface area contributed by atoms with Gasteiger partial charge < -0.3 is 9.67 Å². The summed E-state index contributed by atoms with van der Waals surface area (Å²) in [5.74, 6) is -2.21. The fourth-order valence-electron chi connectivity index (χ4n) is 3.95. The molecule has 9 heteroatoms. The maximum absolute atomic E-state index is 13.3. The summed E-state index contributed by atoms with van der Waals surface area (Å²) >= 11 is 11.5. The van der Waals surface area contributed by atoms with Crippen LogP contribution in [-0.2, 0) is 9.59 Å². The maximum Gasteiger partial charge on any atom is 0.335 e. The van der Waals surface area contributed by atoms with Crippen molar-refractivity contribution in [3.8, 4) is 5.69 Å². The van der Waals surface area contributed by atoms with Gasteiger partial charge in [0.1, 0.15) is 5.57 Å². The van der Waals surface area contributed by atoms with Crippen LogP contribution in [0.1, 0.15) is 32.9 Å². The minimum Gasteiger partial charge on any atom is -0.478 e. The van der Waals surface area contributed by atoms with E-state index >= 15 is 0 Å². The summed E-state index contributed by atoms with van der Waals surface area (Å²) in [5, 5.41) is 12.2. The van der Waals surface area contributed by atoms with Crippen LogP contribution in [0.25, 0.3) is 11.8 Å². The van der Waals surface area contributed by atoms with Gasteiger partial charge in [-0.15, -0.1) is 0 Å². The SMILES string of the molecule is Cc1ccc(C(=O)O)cc1-n1c(C)cc(/C=C2\C(=O)NC(=S)N(c3ccccc3Cl)C2=O)c1C. The molecule has 172 valence electrons. The van der Waals surface area contributed by atoms with Crippen molar-refractivity contribution in [1.29, 1.82) is 0 Å². The average molecular weight is 494 g/mol. The summed E-state index contributed by atoms with van der Waals surface area (Å²) in [7, 11) is 0. The summed E-state index contributed by atoms with van der Waals surface area (Å²) in [6.45, 7) is 5.60. The Balaban J connectivity index is 1.81. The number of hydrogen-bond donors (Lipinski definition) is 2. The van der Waals surface area contributed by atoms with Crippen molar-refractivity contribution < 1.29 is 19.5 Å². The van der Waals surface area contributed by atoms with Gasteiger partial charge in [-0.1, -0.05) is 29.8 Å². The zero-order valence-corrected chi connectivity index (χ0v) is 20.1. The number of carboxylic acids is 1. The third-order valence-corrected chi connectivity index (χ3v) is 6.27. The number of para-hydroxylation sites is 1. The van der Waals surface area contributed by atoms with E-state index in [0.29, 0.717) is 22.0 Å². The predicted octanol–water partition coefficient (Wildman–Crippen LogP) is 4.59. The predicted molar refractivity (Wildman–Crippen MR) is 135 cm³/mol. The Kier molecular flexibility index (Phi) is 6.12. The zero-order valence-electron chi connectivity index (χ0n) is 18.5. The van der Waals surface area contributed by atoms with E-state index in [0.717, 1.165) is 17.0 Å². The van der Waals surface area contributed by atoms with Gasteiger partial charge in [0.2, 0.25) is 0 Å². The molecule has 0 radical (unpaired) electrons. The van der Waals surface area contributed by atoms with E-state index in [9.17, 15) is 19.5 Å². The van der Waals surface area contributed by atoms with Crippen molar-refractivity contribution in [2.75, 3.05) is 4.90 Å². The second-order valence-corrected chi connectivity index (χ2v) is 8.67. The summed E-state index contributed by atoms with van der Waals surface area (Å²) in [6.07, 6.45) is 1.51. The third-order valence-electron chi connectivity index (χ3n) is 5.66. The molecule has 0 bridgehead atoms. The number of thiocarbonyl (C=S) groups is 1. The number of aryl methyl sites for hydroxylation is 2. The van der Waals surface area contributed by atoms with Crippen molar-refractivity contribution >= 4 is 58.5 Å². The van der Waals surface area contributed by atoms with E-state index in [4.69, 9.17) is 23.8 Å². The first kappa shape index (κ1) is 23.4. The molecule has 7 nitrogen and oxygen atoms in total. The highest BCUT2D eigenvalue weighted by molar-refractivity contribution is 7.80. The monoisotopic (exact) mass is 493 g/mol. The number of carbonyl (C=O) groups is 3. The number of hydrogen-bond acceptors (Lipinski definition) is 4. The fraction of sp³-hybridized carbons (Fsp3) is 0.120. The van der Waals surface area contributed by atoms with E-state index in [1.54, 1.807) is 42.5 Å². The highest BCUT2D eigenvalue weighted by Gasteiger charge is 2.35. The van der Waals surface area contributed by atoms with Gasteiger partial charge in [-0.2, -0.15) is 0 Å². The van der Waals surface area contributed by atoms with Crippen molar-refractivity contribution in [2.24, 2.45) is 0 Å². The zero-order chi connectivity index (χ0) is 24.7. The lowest BCUT2D eigenvalue weighted by Gasteiger charge is -2.29. The largest absolute Gasteiger partial charge is 0.478 e. The molecule has 34 heavy (non-hydrogen) atoms. The van der Waals surface area contributed by atoms with Crippen LogP contribution in [0.3, 0.4) is 0 Å². The number of anilines is 1. The highest BCUT2D eigenvalue weighted by atomic mass is 35.5. The molecule has 0 unspecified atom stereocenters. The van der Waals surface area contributed by atoms with Crippen LogP contribution in [0, 0.1) is 20.8 Å². The molecule has 0 saturated carbocycles. The van der Waals surface area contributed by atoms with Gasteiger partial charge in [0.15, 0.2) is 5.11 Å². The Morgan fingerprint density at radius 1 is 1.06 bits per heavy atom. The van der Waals surface area contributed by atoms with Crippen molar-refractivity contribution in [1.82, 2.24) is 9.88 Å². The highest BCUT2D eigenvalue weighted by Crippen LogP contribution is 2.30. The molecule has 3 aromatic rings. The number of nitrogens with zero attached hydrogens (tertiary/aromatic N) is 2. The van der Waals surface area contributed by atoms with Gasteiger partial charge in [-0.05, 0) is 80.5 Å². The molecule has 0 atom stereocenters. The quantitative estimate of drug-likeness (QED) is 0.315. The Labute approximate surface area is 206 Å². The van der Waals surface area contributed by atoms with Gasteiger partial charge in [-0.3, -0.25) is 19.8 Å². The van der Waals surface area contributed by atoms with Crippen LogP contribution in [-0.4, -0.2) is 32.6 Å². The van der Waals surface area contributed by atoms with Crippen molar-refractivity contribution in [3.05, 3.63) is 87.2 Å². The molecular formula is C25H20ClN3O4S. The average Bonchev–Trinajstić information content (AvgIpc) is 3.05. The lowest BCUT2D eigenvalue weighted by atomic mass is 10.1. The van der Waals surface area contributed by atoms with Gasteiger partial charge >= 0.3 is 5.97 Å². The molecule has 0 spiro atoms. The molecule has 1 aliphatic rings. The van der Waals surface area contributed by atoms with E-state index in [1.165, 1.54) is 11.0 Å². The Hall–Kier alpha value is -3.75. The summed E-state index contributed by atoms with van der Waals surface area (Å²) in [4.78, 5) is 38.7. The molecule has 1 aliphatic heterocycles. The van der Waals surface area contributed by atoms with E-state index in [-0.39, 0.29) is 16.2 Å². The first-order valence-corrected chi connectivity index (χ1v) is 11.1. The molecule has 2 aromatic carbocycles. The Morgan fingerprint density at radius 2 is 1.76 bits per heavy atom. The number of rotatable bonds is 4. The number of aromatic carboxylic acids is 1. The molecular weight excluding hydrogens is 474 g/mol. The molecule has 1 saturated heterocycles. The van der Waals surface area contributed by atoms with Crippen LogP contribution < -0.4 is 10.2 Å². The fourth-order valence-corrected chi connectivity index (χ4v) is 4.45. The van der Waals surface area contributed by atoms with Crippen molar-refractivity contribution in [2.45, 2.75) is 20.8 Å². The van der Waals surface area contributed by atoms with E-state index < -0.39 is 17.8 Å². The number of aromatic nitrogens is 1. The summed E-state index contributed by atoms with van der Waals surface area (Å²) < 4.78 is 1.90. The maximum atomic E-state index is 13.3. The third kappa shape index (κ3) is 4.02. The molecule has 2 N–H and O–H groups in total. The van der Waals surface area contributed by atoms with E-state index in [1.807, 2.05) is 31.4 Å². The van der Waals surface area contributed by atoms with Crippen LogP contribution in [0.2, 0.25) is 5.02 Å². The molecule has 0 aliphatic carbocycles. The first-order chi connectivity index (χ1) is 16.1. The number of nitrogens with one attached hydrogen (secondary N) is 1. The Morgan fingerprint density at radius 3 is 2.44 bits per heavy atom. The second kappa shape index (κ2) is 8.89. The minimum atomic E-state index is -1.02. The van der Waals surface area contributed by atoms with Crippen LogP contribution in [0.4, 0.5) is 5.69 Å². The Bertz CT molecular complexity index is 1420. The number of amides is 2. The number of benzene rings is 2. The van der Waals surface area contributed by atoms with Crippen molar-refractivity contribution in [3.63, 3.8) is 0 Å². The lowest BCUT2D eigenvalue weighted by molar-refractivity contribution is -0.122. The standard InChI is InChI=1S/C25H20ClN3O4S/c1-13-8-9-16(24(32)33)12-21(13)28-14(2)10-17(15(28)3)11-18-22(30)27-25(34)29(23(18)31)20-7-5-4-6-19(20)26/h4-12H,1-3H3,(H,32,33)(H,27,30,34)/b18-11+. The van der Waals surface area contributed by atoms with Gasteiger partial charge in [-0.25, -0.2) is 4.79 Å². The molecule has 2 amide bonds. The number of carbonyl (C=O) groups excluding carboxylic acids is 2. The van der Waals surface area contributed by atoms with Crippen LogP contribution in [0.15, 0.2) is 54.1 Å². The number of halogens is 1. The van der Waals surface area contributed by atoms with Gasteiger partial charge in [0.25, 0.3) is 11.8 Å². The van der Waals surface area contributed by atoms with Gasteiger partial charge in [0, 0.05) is 17.1 Å². The topological polar surface area (TPSA) is 91.6 Å². The van der Waals surface area contributed by atoms with Crippen LogP contribution in [0.5, 0.6) is 0 Å². The smallest absolute Gasteiger partial charge is 0.335 e. The van der Waals surface area contributed by atoms with E-state index in [2.05, 4.69) is 5.32 Å². The molecule has 2 heterocycles. The lowest BCUT2D eigenvalue weighted by Crippen LogP contribution is -2.54. The van der Waals surface area contributed by atoms with Crippen LogP contribution >= 0.6 is 23.8 Å². The molecule has 1 fully saturated rings. The minimum absolute atomic E-state index is 0.0492. The normalized spacial score (nSPS) is 15.1. The summed E-state index contributed by atoms with van der Waals surface area (Å²) in [5.41, 5.74) is 4.24. The first-order valence-electron chi connectivity index (χ1n) is 10.3. The molecule has 4 rings (SSSR count).